The predicted molar refractivity (Wildman–Crippen MR) is 339 cm³/mol. The summed E-state index contributed by atoms with van der Waals surface area (Å²) < 4.78 is 17.0. The minimum atomic E-state index is -0.784. The summed E-state index contributed by atoms with van der Waals surface area (Å²) in [5, 5.41) is 0. The molecule has 0 fully saturated rings. The Hall–Kier alpha value is -3.41. The van der Waals surface area contributed by atoms with Gasteiger partial charge in [-0.15, -0.1) is 0 Å². The Bertz CT molecular complexity index is 1480. The molecule has 6 heteroatoms. The third-order valence-corrected chi connectivity index (χ3v) is 14.6. The van der Waals surface area contributed by atoms with Crippen molar-refractivity contribution in [3.05, 3.63) is 85.1 Å². The molecule has 0 spiro atoms. The summed E-state index contributed by atoms with van der Waals surface area (Å²) in [4.78, 5) is 38.4. The molecule has 78 heavy (non-hydrogen) atoms. The van der Waals surface area contributed by atoms with E-state index in [0.717, 1.165) is 103 Å². The van der Waals surface area contributed by atoms with Crippen LogP contribution < -0.4 is 0 Å². The molecule has 0 aromatic carbocycles. The maximum absolute atomic E-state index is 12.9. The highest BCUT2D eigenvalue weighted by Gasteiger charge is 2.19. The first-order valence-electron chi connectivity index (χ1n) is 33.6. The van der Waals surface area contributed by atoms with Gasteiger partial charge in [-0.2, -0.15) is 0 Å². The van der Waals surface area contributed by atoms with Gasteiger partial charge in [0.1, 0.15) is 13.2 Å². The number of carbonyl (C=O) groups is 3. The molecular formula is C72H126O6. The van der Waals surface area contributed by atoms with E-state index in [-0.39, 0.29) is 31.1 Å². The van der Waals surface area contributed by atoms with Crippen LogP contribution in [0.15, 0.2) is 85.1 Å². The van der Waals surface area contributed by atoms with Crippen molar-refractivity contribution in [3.63, 3.8) is 0 Å². The van der Waals surface area contributed by atoms with Gasteiger partial charge in [-0.1, -0.05) is 305 Å². The highest BCUT2D eigenvalue weighted by atomic mass is 16.6. The van der Waals surface area contributed by atoms with Gasteiger partial charge >= 0.3 is 17.9 Å². The smallest absolute Gasteiger partial charge is 0.306 e. The standard InChI is InChI=1S/C72H126O6/c1-4-7-10-13-16-19-22-25-28-31-33-35-36-38-39-41-44-47-50-53-56-59-62-65-71(74)77-68-69(67-76-70(73)64-61-58-55-52-49-46-43-30-27-24-21-18-15-12-9-6-3)78-72(75)66-63-60-57-54-51-48-45-42-40-37-34-32-29-26-23-20-17-14-11-8-5-2/h7,10,16,19,23,25-26,28,32-35,38-39,69H,4-6,8-9,11-15,17-18,20-22,24,27,29-31,36-37,40-68H2,1-3H3/b10-7-,19-16-,26-23-,28-25-,34-32-,35-33-,39-38-. The Morgan fingerprint density at radius 1 is 0.269 bits per heavy atom. The van der Waals surface area contributed by atoms with Crippen LogP contribution in [0.5, 0.6) is 0 Å². The highest BCUT2D eigenvalue weighted by molar-refractivity contribution is 5.71. The minimum Gasteiger partial charge on any atom is -0.462 e. The second-order valence-corrected chi connectivity index (χ2v) is 22.4. The van der Waals surface area contributed by atoms with E-state index in [2.05, 4.69) is 106 Å². The third kappa shape index (κ3) is 63.4. The van der Waals surface area contributed by atoms with E-state index in [9.17, 15) is 14.4 Å². The second-order valence-electron chi connectivity index (χ2n) is 22.4. The van der Waals surface area contributed by atoms with Gasteiger partial charge < -0.3 is 14.2 Å². The molecule has 0 bridgehead atoms. The van der Waals surface area contributed by atoms with E-state index >= 15 is 0 Å². The number of ether oxygens (including phenoxy) is 3. The van der Waals surface area contributed by atoms with Crippen LogP contribution in [0.2, 0.25) is 0 Å². The lowest BCUT2D eigenvalue weighted by atomic mass is 10.0. The first-order valence-corrected chi connectivity index (χ1v) is 33.6. The molecule has 0 radical (unpaired) electrons. The third-order valence-electron chi connectivity index (χ3n) is 14.6. The van der Waals surface area contributed by atoms with Gasteiger partial charge in [-0.25, -0.2) is 0 Å². The fraction of sp³-hybridized carbons (Fsp3) is 0.764. The van der Waals surface area contributed by atoms with Crippen LogP contribution in [0.1, 0.15) is 335 Å². The summed E-state index contributed by atoms with van der Waals surface area (Å²) >= 11 is 0. The number of carbonyl (C=O) groups excluding carboxylic acids is 3. The minimum absolute atomic E-state index is 0.0786. The summed E-state index contributed by atoms with van der Waals surface area (Å²) in [6.45, 7) is 6.55. The topological polar surface area (TPSA) is 78.9 Å². The Balaban J connectivity index is 4.38. The lowest BCUT2D eigenvalue weighted by molar-refractivity contribution is -0.167. The maximum Gasteiger partial charge on any atom is 0.306 e. The summed E-state index contributed by atoms with van der Waals surface area (Å²) in [7, 11) is 0. The molecule has 0 saturated heterocycles. The van der Waals surface area contributed by atoms with Gasteiger partial charge in [-0.3, -0.25) is 14.4 Å². The fourth-order valence-electron chi connectivity index (χ4n) is 9.62. The maximum atomic E-state index is 12.9. The van der Waals surface area contributed by atoms with E-state index in [1.165, 1.54) is 193 Å². The van der Waals surface area contributed by atoms with E-state index < -0.39 is 6.10 Å². The average Bonchev–Trinajstić information content (AvgIpc) is 3.44. The monoisotopic (exact) mass is 1090 g/mol. The van der Waals surface area contributed by atoms with Crippen LogP contribution in [0.25, 0.3) is 0 Å². The van der Waals surface area contributed by atoms with E-state index in [4.69, 9.17) is 14.2 Å². The molecular weight excluding hydrogens is 961 g/mol. The molecule has 0 aliphatic heterocycles. The average molecular weight is 1090 g/mol. The van der Waals surface area contributed by atoms with Crippen LogP contribution in [-0.2, 0) is 28.6 Å². The second kappa shape index (κ2) is 66.1. The fourth-order valence-corrected chi connectivity index (χ4v) is 9.62. The van der Waals surface area contributed by atoms with Crippen molar-refractivity contribution in [1.82, 2.24) is 0 Å². The molecule has 1 unspecified atom stereocenters. The largest absolute Gasteiger partial charge is 0.462 e. The van der Waals surface area contributed by atoms with Crippen molar-refractivity contribution in [3.8, 4) is 0 Å². The molecule has 0 aromatic rings. The Kier molecular flexibility index (Phi) is 63.2. The molecule has 6 nitrogen and oxygen atoms in total. The first kappa shape index (κ1) is 74.6. The van der Waals surface area contributed by atoms with Gasteiger partial charge in [0.05, 0.1) is 0 Å². The summed E-state index contributed by atoms with van der Waals surface area (Å²) in [6, 6.07) is 0. The van der Waals surface area contributed by atoms with Crippen LogP contribution in [0.3, 0.4) is 0 Å². The first-order chi connectivity index (χ1) is 38.5. The van der Waals surface area contributed by atoms with Crippen molar-refractivity contribution < 1.29 is 28.6 Å². The van der Waals surface area contributed by atoms with Crippen LogP contribution in [0, 0.1) is 0 Å². The molecule has 0 N–H and O–H groups in total. The van der Waals surface area contributed by atoms with Crippen LogP contribution in [-0.4, -0.2) is 37.2 Å². The molecule has 1 atom stereocenters. The van der Waals surface area contributed by atoms with E-state index in [1.807, 2.05) is 0 Å². The molecule has 0 heterocycles. The molecule has 0 aromatic heterocycles. The summed E-state index contributed by atoms with van der Waals surface area (Å²) in [6.07, 6.45) is 87.3. The van der Waals surface area contributed by atoms with Gasteiger partial charge in [0.25, 0.3) is 0 Å². The number of esters is 3. The summed E-state index contributed by atoms with van der Waals surface area (Å²) in [5.41, 5.74) is 0. The normalized spacial score (nSPS) is 12.6. The lowest BCUT2D eigenvalue weighted by Crippen LogP contribution is -2.30. The predicted octanol–water partition coefficient (Wildman–Crippen LogP) is 23.1. The molecule has 450 valence electrons. The van der Waals surface area contributed by atoms with Gasteiger partial charge in [0, 0.05) is 19.3 Å². The Morgan fingerprint density at radius 3 is 0.782 bits per heavy atom. The van der Waals surface area contributed by atoms with E-state index in [0.29, 0.717) is 19.3 Å². The molecule has 0 saturated carbocycles. The number of rotatable bonds is 61. The highest BCUT2D eigenvalue weighted by Crippen LogP contribution is 2.17. The zero-order valence-corrected chi connectivity index (χ0v) is 51.7. The Morgan fingerprint density at radius 2 is 0.500 bits per heavy atom. The van der Waals surface area contributed by atoms with Crippen molar-refractivity contribution in [2.24, 2.45) is 0 Å². The number of hydrogen-bond donors (Lipinski definition) is 0. The van der Waals surface area contributed by atoms with Crippen molar-refractivity contribution >= 4 is 17.9 Å². The van der Waals surface area contributed by atoms with E-state index in [1.54, 1.807) is 0 Å². The van der Waals surface area contributed by atoms with Gasteiger partial charge in [0.15, 0.2) is 6.10 Å². The zero-order valence-electron chi connectivity index (χ0n) is 51.7. The molecule has 0 aliphatic rings. The van der Waals surface area contributed by atoms with Crippen molar-refractivity contribution in [1.29, 1.82) is 0 Å². The molecule has 0 aliphatic carbocycles. The van der Waals surface area contributed by atoms with Crippen molar-refractivity contribution in [2.75, 3.05) is 13.2 Å². The van der Waals surface area contributed by atoms with Crippen molar-refractivity contribution in [2.45, 2.75) is 341 Å². The number of unbranched alkanes of at least 4 members (excludes halogenated alkanes) is 36. The van der Waals surface area contributed by atoms with Gasteiger partial charge in [0.2, 0.25) is 0 Å². The SMILES string of the molecule is CC/C=C\C/C=C\C/C=C\C/C=C\C/C=C\CCCCCCCCCC(=O)OCC(COC(=O)CCCCCCCCCCCCCCCCCC)OC(=O)CCCCCCCCCCC/C=C\C/C=C\CCCCCCC. The Labute approximate surface area is 484 Å². The number of allylic oxidation sites excluding steroid dienone is 14. The quantitative estimate of drug-likeness (QED) is 0.0261. The number of hydrogen-bond acceptors (Lipinski definition) is 6. The van der Waals surface area contributed by atoms with Crippen LogP contribution in [0.4, 0.5) is 0 Å². The zero-order chi connectivity index (χ0) is 56.4. The summed E-state index contributed by atoms with van der Waals surface area (Å²) in [5.74, 6) is -0.877. The molecule has 0 amide bonds. The van der Waals surface area contributed by atoms with Crippen LogP contribution >= 0.6 is 0 Å². The lowest BCUT2D eigenvalue weighted by Gasteiger charge is -2.18. The van der Waals surface area contributed by atoms with Gasteiger partial charge in [-0.05, 0) is 96.3 Å². The molecule has 0 rings (SSSR count).